The number of amides is 1. The molecule has 0 saturated carbocycles. The van der Waals surface area contributed by atoms with Gasteiger partial charge in [0, 0.05) is 31.8 Å². The Hall–Kier alpha value is -1.90. The molecule has 2 aliphatic rings. The zero-order valence-corrected chi connectivity index (χ0v) is 17.1. The molecule has 1 aromatic carbocycles. The van der Waals surface area contributed by atoms with E-state index in [1.807, 2.05) is 19.1 Å². The van der Waals surface area contributed by atoms with Gasteiger partial charge in [-0.3, -0.25) is 4.79 Å². The van der Waals surface area contributed by atoms with Crippen LogP contribution >= 0.6 is 12.2 Å². The molecule has 0 spiro atoms. The van der Waals surface area contributed by atoms with Crippen molar-refractivity contribution in [2.45, 2.75) is 25.9 Å². The molecular formula is C20H28N2O5S. The third-order valence-corrected chi connectivity index (χ3v) is 5.11. The summed E-state index contributed by atoms with van der Waals surface area (Å²) in [6.07, 6.45) is 2.38. The molecule has 1 N–H and O–H groups in total. The number of thiocarbonyl (C=S) groups is 1. The Bertz CT molecular complexity index is 673. The van der Waals surface area contributed by atoms with Crippen molar-refractivity contribution in [3.8, 4) is 11.5 Å². The molecule has 0 aliphatic carbocycles. The van der Waals surface area contributed by atoms with Crippen molar-refractivity contribution < 1.29 is 23.7 Å². The van der Waals surface area contributed by atoms with Crippen LogP contribution in [-0.2, 0) is 14.3 Å². The molecule has 2 saturated heterocycles. The van der Waals surface area contributed by atoms with Crippen LogP contribution in [0, 0.1) is 0 Å². The number of rotatable bonds is 8. The first-order valence-electron chi connectivity index (χ1n) is 9.82. The zero-order chi connectivity index (χ0) is 19.8. The fourth-order valence-electron chi connectivity index (χ4n) is 3.19. The molecule has 2 fully saturated rings. The highest BCUT2D eigenvalue weighted by atomic mass is 32.1. The lowest BCUT2D eigenvalue weighted by Gasteiger charge is -2.26. The number of benzene rings is 1. The van der Waals surface area contributed by atoms with Gasteiger partial charge in [-0.2, -0.15) is 0 Å². The highest BCUT2D eigenvalue weighted by Gasteiger charge is 2.19. The van der Waals surface area contributed by atoms with E-state index in [0.29, 0.717) is 55.9 Å². The summed E-state index contributed by atoms with van der Waals surface area (Å²) in [5.74, 6) is 1.06. The lowest BCUT2D eigenvalue weighted by atomic mass is 10.2. The van der Waals surface area contributed by atoms with E-state index in [0.717, 1.165) is 25.0 Å². The van der Waals surface area contributed by atoms with Crippen LogP contribution in [0.4, 0.5) is 0 Å². The Morgan fingerprint density at radius 3 is 2.79 bits per heavy atom. The monoisotopic (exact) mass is 408 g/mol. The van der Waals surface area contributed by atoms with Gasteiger partial charge in [0.25, 0.3) is 5.91 Å². The summed E-state index contributed by atoms with van der Waals surface area (Å²) in [6.45, 7) is 6.24. The Labute approximate surface area is 171 Å². The number of ether oxygens (including phenoxy) is 4. The average Bonchev–Trinajstić information content (AvgIpc) is 3.25. The molecule has 154 valence electrons. The van der Waals surface area contributed by atoms with Crippen molar-refractivity contribution in [1.82, 2.24) is 10.2 Å². The van der Waals surface area contributed by atoms with Crippen molar-refractivity contribution >= 4 is 23.1 Å². The summed E-state index contributed by atoms with van der Waals surface area (Å²) in [6, 6.07) is 5.53. The van der Waals surface area contributed by atoms with E-state index in [1.165, 1.54) is 0 Å². The largest absolute Gasteiger partial charge is 0.490 e. The molecule has 0 radical (unpaired) electrons. The highest BCUT2D eigenvalue weighted by molar-refractivity contribution is 7.80. The van der Waals surface area contributed by atoms with Crippen molar-refractivity contribution in [2.24, 2.45) is 0 Å². The molecule has 2 aliphatic heterocycles. The average molecular weight is 409 g/mol. The molecule has 8 heteroatoms. The first-order chi connectivity index (χ1) is 13.7. The van der Waals surface area contributed by atoms with Gasteiger partial charge >= 0.3 is 0 Å². The quantitative estimate of drug-likeness (QED) is 0.658. The van der Waals surface area contributed by atoms with Gasteiger partial charge in [-0.05, 0) is 38.0 Å². The fourth-order valence-corrected chi connectivity index (χ4v) is 3.40. The molecule has 7 nitrogen and oxygen atoms in total. The minimum atomic E-state index is -0.0522. The molecule has 1 atom stereocenters. The van der Waals surface area contributed by atoms with Crippen LogP contribution in [0.1, 0.15) is 25.3 Å². The standard InChI is InChI=1S/C20H28N2O5S/c1-2-25-18-12-15(20(28)21-13-16-4-3-9-26-16)5-6-17(18)27-14-19(23)22-7-10-24-11-8-22/h5-6,12,16H,2-4,7-11,13-14H2,1H3,(H,21,28)/t16-/m0/s1. The van der Waals surface area contributed by atoms with E-state index < -0.39 is 0 Å². The SMILES string of the molecule is CCOc1cc(C(=S)NC[C@@H]2CCCO2)ccc1OCC(=O)N1CCOCC1. The third kappa shape index (κ3) is 5.80. The molecule has 0 aromatic heterocycles. The first-order valence-corrected chi connectivity index (χ1v) is 10.2. The van der Waals surface area contributed by atoms with Crippen LogP contribution in [0.2, 0.25) is 0 Å². The molecule has 2 heterocycles. The highest BCUT2D eigenvalue weighted by Crippen LogP contribution is 2.29. The minimum absolute atomic E-state index is 0.0267. The van der Waals surface area contributed by atoms with E-state index in [2.05, 4.69) is 5.32 Å². The maximum Gasteiger partial charge on any atom is 0.260 e. The Kier molecular flexibility index (Phi) is 7.88. The second kappa shape index (κ2) is 10.6. The molecule has 1 aromatic rings. The van der Waals surface area contributed by atoms with Crippen LogP contribution in [0.5, 0.6) is 11.5 Å². The number of morpholine rings is 1. The molecule has 1 amide bonds. The van der Waals surface area contributed by atoms with Gasteiger partial charge < -0.3 is 29.2 Å². The Morgan fingerprint density at radius 2 is 2.07 bits per heavy atom. The van der Waals surface area contributed by atoms with E-state index in [1.54, 1.807) is 11.0 Å². The van der Waals surface area contributed by atoms with E-state index >= 15 is 0 Å². The topological polar surface area (TPSA) is 69.3 Å². The number of carbonyl (C=O) groups excluding carboxylic acids is 1. The fraction of sp³-hybridized carbons (Fsp3) is 0.600. The second-order valence-corrected chi connectivity index (χ2v) is 7.13. The van der Waals surface area contributed by atoms with Crippen LogP contribution < -0.4 is 14.8 Å². The lowest BCUT2D eigenvalue weighted by molar-refractivity contribution is -0.137. The molecular weight excluding hydrogens is 380 g/mol. The Balaban J connectivity index is 1.58. The normalized spacial score (nSPS) is 19.3. The zero-order valence-electron chi connectivity index (χ0n) is 16.3. The smallest absolute Gasteiger partial charge is 0.260 e. The molecule has 3 rings (SSSR count). The summed E-state index contributed by atoms with van der Waals surface area (Å²) in [5.41, 5.74) is 0.850. The number of hydrogen-bond donors (Lipinski definition) is 1. The summed E-state index contributed by atoms with van der Waals surface area (Å²) >= 11 is 5.50. The first kappa shape index (κ1) is 20.8. The number of nitrogens with zero attached hydrogens (tertiary/aromatic N) is 1. The van der Waals surface area contributed by atoms with Crippen molar-refractivity contribution in [3.05, 3.63) is 23.8 Å². The summed E-state index contributed by atoms with van der Waals surface area (Å²) < 4.78 is 22.3. The number of hydrogen-bond acceptors (Lipinski definition) is 6. The number of carbonyl (C=O) groups is 1. The van der Waals surface area contributed by atoms with Crippen LogP contribution in [0.3, 0.4) is 0 Å². The summed E-state index contributed by atoms with van der Waals surface area (Å²) in [5, 5.41) is 3.26. The van der Waals surface area contributed by atoms with E-state index in [-0.39, 0.29) is 18.6 Å². The predicted octanol–water partition coefficient (Wildman–Crippen LogP) is 1.77. The van der Waals surface area contributed by atoms with Gasteiger partial charge in [0.1, 0.15) is 4.99 Å². The van der Waals surface area contributed by atoms with Crippen molar-refractivity contribution in [2.75, 3.05) is 52.7 Å². The van der Waals surface area contributed by atoms with Gasteiger partial charge in [0.15, 0.2) is 18.1 Å². The Morgan fingerprint density at radius 1 is 1.25 bits per heavy atom. The third-order valence-electron chi connectivity index (χ3n) is 4.73. The van der Waals surface area contributed by atoms with E-state index in [4.69, 9.17) is 31.2 Å². The second-order valence-electron chi connectivity index (χ2n) is 6.72. The van der Waals surface area contributed by atoms with Crippen LogP contribution in [0.15, 0.2) is 18.2 Å². The maximum absolute atomic E-state index is 12.3. The predicted molar refractivity (Wildman–Crippen MR) is 109 cm³/mol. The van der Waals surface area contributed by atoms with Crippen LogP contribution in [0.25, 0.3) is 0 Å². The maximum atomic E-state index is 12.3. The number of nitrogens with one attached hydrogen (secondary N) is 1. The lowest BCUT2D eigenvalue weighted by Crippen LogP contribution is -2.43. The van der Waals surface area contributed by atoms with Gasteiger partial charge in [-0.1, -0.05) is 12.2 Å². The molecule has 0 unspecified atom stereocenters. The van der Waals surface area contributed by atoms with Crippen molar-refractivity contribution in [1.29, 1.82) is 0 Å². The van der Waals surface area contributed by atoms with Crippen LogP contribution in [-0.4, -0.2) is 74.6 Å². The van der Waals surface area contributed by atoms with Gasteiger partial charge in [-0.25, -0.2) is 0 Å². The van der Waals surface area contributed by atoms with Gasteiger partial charge in [0.05, 0.1) is 25.9 Å². The van der Waals surface area contributed by atoms with E-state index in [9.17, 15) is 4.79 Å². The summed E-state index contributed by atoms with van der Waals surface area (Å²) in [4.78, 5) is 14.7. The molecule has 28 heavy (non-hydrogen) atoms. The summed E-state index contributed by atoms with van der Waals surface area (Å²) in [7, 11) is 0. The van der Waals surface area contributed by atoms with Gasteiger partial charge in [-0.15, -0.1) is 0 Å². The minimum Gasteiger partial charge on any atom is -0.490 e. The molecule has 0 bridgehead atoms. The van der Waals surface area contributed by atoms with Crippen molar-refractivity contribution in [3.63, 3.8) is 0 Å². The van der Waals surface area contributed by atoms with Gasteiger partial charge in [0.2, 0.25) is 0 Å².